The predicted octanol–water partition coefficient (Wildman–Crippen LogP) is 2.54. The van der Waals surface area contributed by atoms with Crippen LogP contribution in [0.1, 0.15) is 31.0 Å². The van der Waals surface area contributed by atoms with E-state index in [1.54, 1.807) is 10.7 Å². The van der Waals surface area contributed by atoms with Gasteiger partial charge in [0, 0.05) is 0 Å². The van der Waals surface area contributed by atoms with E-state index in [2.05, 4.69) is 21.8 Å². The van der Waals surface area contributed by atoms with E-state index in [0.717, 1.165) is 15.0 Å². The molecule has 2 aromatic rings. The fraction of sp³-hybridized carbons (Fsp3) is 0.400. The fourth-order valence-electron chi connectivity index (χ4n) is 2.18. The zero-order valence-corrected chi connectivity index (χ0v) is 15.1. The second-order valence-electron chi connectivity index (χ2n) is 5.10. The summed E-state index contributed by atoms with van der Waals surface area (Å²) in [7, 11) is 0. The Balaban J connectivity index is 2.35. The standard InChI is InChI=1S/C10H9FN3.C4H9.CH2.Sn/c1-7-3-4-10(9(11)5-7)14-8(2)6-12-13-14;1-3-4-2;;/h3-5H,1-2H3;1,3-4H2,2H3;1H2;. The molecule has 0 aliphatic carbocycles. The van der Waals surface area contributed by atoms with E-state index in [4.69, 9.17) is 0 Å². The van der Waals surface area contributed by atoms with Gasteiger partial charge >= 0.3 is 126 Å². The molecule has 0 amide bonds. The fourth-order valence-corrected chi connectivity index (χ4v) is 7.37. The van der Waals surface area contributed by atoms with Gasteiger partial charge in [-0.1, -0.05) is 0 Å². The molecular weight excluding hydrogens is 360 g/mol. The Labute approximate surface area is 126 Å². The first-order valence-corrected chi connectivity index (χ1v) is 12.4. The Morgan fingerprint density at radius 3 is 2.75 bits per heavy atom. The molecule has 5 heteroatoms. The van der Waals surface area contributed by atoms with Gasteiger partial charge in [0.2, 0.25) is 0 Å². The average molecular weight is 380 g/mol. The molecule has 0 fully saturated rings. The van der Waals surface area contributed by atoms with Crippen molar-refractivity contribution in [2.24, 2.45) is 0 Å². The molecule has 2 rings (SSSR count). The van der Waals surface area contributed by atoms with Crippen molar-refractivity contribution in [1.29, 1.82) is 0 Å². The molecule has 3 nitrogen and oxygen atoms in total. The Morgan fingerprint density at radius 1 is 1.35 bits per heavy atom. The summed E-state index contributed by atoms with van der Waals surface area (Å²) in [5.41, 5.74) is 2.33. The van der Waals surface area contributed by atoms with E-state index < -0.39 is 19.3 Å². The van der Waals surface area contributed by atoms with Gasteiger partial charge in [0.15, 0.2) is 0 Å². The molecule has 0 bridgehead atoms. The van der Waals surface area contributed by atoms with Crippen LogP contribution < -0.4 is 3.71 Å². The van der Waals surface area contributed by atoms with Gasteiger partial charge in [0.1, 0.15) is 0 Å². The molecule has 0 unspecified atom stereocenters. The van der Waals surface area contributed by atoms with E-state index in [-0.39, 0.29) is 5.82 Å². The number of rotatable bonds is 5. The normalized spacial score (nSPS) is 10.8. The Bertz CT molecular complexity index is 634. The summed E-state index contributed by atoms with van der Waals surface area (Å²) in [6, 6.07) is 5.17. The van der Waals surface area contributed by atoms with Crippen LogP contribution in [0, 0.1) is 19.7 Å². The van der Waals surface area contributed by atoms with Crippen molar-refractivity contribution in [3.8, 4) is 5.69 Å². The third-order valence-corrected chi connectivity index (χ3v) is 9.35. The van der Waals surface area contributed by atoms with Crippen LogP contribution in [0.15, 0.2) is 18.2 Å². The van der Waals surface area contributed by atoms with Crippen molar-refractivity contribution in [2.75, 3.05) is 0 Å². The third kappa shape index (κ3) is 3.16. The Hall–Kier alpha value is -1.04. The van der Waals surface area contributed by atoms with E-state index in [9.17, 15) is 4.39 Å². The number of unbranched alkanes of at least 4 members (excludes halogenated alkanes) is 1. The van der Waals surface area contributed by atoms with Crippen molar-refractivity contribution in [3.63, 3.8) is 0 Å². The number of halogens is 1. The average Bonchev–Trinajstić information content (AvgIpc) is 2.78. The summed E-state index contributed by atoms with van der Waals surface area (Å²) in [4.78, 5) is 0. The molecule has 106 valence electrons. The molecule has 1 aromatic heterocycles. The molecule has 1 heterocycles. The summed E-state index contributed by atoms with van der Waals surface area (Å²) in [6.07, 6.45) is 2.38. The number of nitrogens with zero attached hydrogens (tertiary/aromatic N) is 3. The summed E-state index contributed by atoms with van der Waals surface area (Å²) in [5.74, 6) is -0.257. The van der Waals surface area contributed by atoms with E-state index in [1.165, 1.54) is 23.3 Å². The van der Waals surface area contributed by atoms with E-state index >= 15 is 0 Å². The van der Waals surface area contributed by atoms with Crippen LogP contribution in [0.2, 0.25) is 4.44 Å². The van der Waals surface area contributed by atoms with Crippen molar-refractivity contribution in [2.45, 2.75) is 38.0 Å². The quantitative estimate of drug-likeness (QED) is 0.747. The minimum atomic E-state index is -1.90. The predicted molar refractivity (Wildman–Crippen MR) is 83.0 cm³/mol. The van der Waals surface area contributed by atoms with Crippen LogP contribution in [0.25, 0.3) is 5.69 Å². The maximum atomic E-state index is 14.0. The molecule has 0 saturated carbocycles. The number of hydrogen-bond acceptors (Lipinski definition) is 2. The number of aryl methyl sites for hydroxylation is 1. The summed E-state index contributed by atoms with van der Waals surface area (Å²) < 4.78 is 22.2. The molecule has 0 N–H and O–H groups in total. The van der Waals surface area contributed by atoms with Gasteiger partial charge in [-0.2, -0.15) is 0 Å². The van der Waals surface area contributed by atoms with E-state index in [1.807, 2.05) is 19.9 Å². The summed E-state index contributed by atoms with van der Waals surface area (Å²) in [5, 5.41) is 8.42. The van der Waals surface area contributed by atoms with Crippen molar-refractivity contribution < 1.29 is 4.39 Å². The maximum absolute atomic E-state index is 14.0. The monoisotopic (exact) mass is 381 g/mol. The minimum absolute atomic E-state index is 0.257. The Morgan fingerprint density at radius 2 is 2.10 bits per heavy atom. The molecule has 0 saturated heterocycles. The molecule has 0 atom stereocenters. The van der Waals surface area contributed by atoms with Crippen LogP contribution >= 0.6 is 0 Å². The van der Waals surface area contributed by atoms with Gasteiger partial charge in [0.25, 0.3) is 0 Å². The first kappa shape index (κ1) is 15.3. The Kier molecular flexibility index (Phi) is 5.07. The van der Waals surface area contributed by atoms with Gasteiger partial charge in [-0.15, -0.1) is 0 Å². The zero-order chi connectivity index (χ0) is 14.7. The molecular formula is C15H20FN3Sn. The van der Waals surface area contributed by atoms with Gasteiger partial charge in [0.05, 0.1) is 0 Å². The van der Waals surface area contributed by atoms with Crippen molar-refractivity contribution in [3.05, 3.63) is 35.3 Å². The SMILES string of the molecule is [CH2]=[Sn]([CH2]CCC)[c]1nnn(-c2ccc(C)cc2F)c1C. The first-order chi connectivity index (χ1) is 9.54. The molecule has 0 radical (unpaired) electrons. The second-order valence-corrected chi connectivity index (χ2v) is 11.3. The number of hydrogen-bond donors (Lipinski definition) is 0. The topological polar surface area (TPSA) is 30.7 Å². The van der Waals surface area contributed by atoms with Crippen molar-refractivity contribution >= 4 is 27.5 Å². The number of aromatic nitrogens is 3. The van der Waals surface area contributed by atoms with Crippen LogP contribution in [-0.2, 0) is 0 Å². The first-order valence-electron chi connectivity index (χ1n) is 6.91. The molecule has 1 aromatic carbocycles. The molecule has 20 heavy (non-hydrogen) atoms. The van der Waals surface area contributed by atoms with Crippen molar-refractivity contribution in [1.82, 2.24) is 15.0 Å². The second kappa shape index (κ2) is 6.61. The van der Waals surface area contributed by atoms with Gasteiger partial charge < -0.3 is 0 Å². The molecule has 0 aliphatic heterocycles. The van der Waals surface area contributed by atoms with Gasteiger partial charge in [-0.3, -0.25) is 0 Å². The zero-order valence-electron chi connectivity index (χ0n) is 12.3. The summed E-state index contributed by atoms with van der Waals surface area (Å²) in [6.45, 7) is 6.02. The summed E-state index contributed by atoms with van der Waals surface area (Å²) >= 11 is -1.90. The molecule has 0 aliphatic rings. The van der Waals surface area contributed by atoms with Crippen LogP contribution in [0.5, 0.6) is 0 Å². The molecule has 0 spiro atoms. The van der Waals surface area contributed by atoms with Gasteiger partial charge in [-0.05, 0) is 0 Å². The van der Waals surface area contributed by atoms with Crippen LogP contribution in [0.4, 0.5) is 4.39 Å². The van der Waals surface area contributed by atoms with Crippen LogP contribution in [0.3, 0.4) is 0 Å². The number of benzene rings is 1. The van der Waals surface area contributed by atoms with E-state index in [0.29, 0.717) is 5.69 Å². The third-order valence-electron chi connectivity index (χ3n) is 3.39. The van der Waals surface area contributed by atoms with Gasteiger partial charge in [-0.25, -0.2) is 0 Å². The van der Waals surface area contributed by atoms with Crippen LogP contribution in [-0.4, -0.2) is 38.8 Å².